The van der Waals surface area contributed by atoms with Gasteiger partial charge in [-0.15, -0.1) is 11.6 Å². The van der Waals surface area contributed by atoms with Gasteiger partial charge in [-0.2, -0.15) is 0 Å². The number of oxazole rings is 1. The summed E-state index contributed by atoms with van der Waals surface area (Å²) in [6.07, 6.45) is 2.43. The Bertz CT molecular complexity index is 496. The fourth-order valence-electron chi connectivity index (χ4n) is 1.47. The molecule has 0 radical (unpaired) electrons. The minimum atomic E-state index is 0.533. The van der Waals surface area contributed by atoms with Crippen molar-refractivity contribution >= 4 is 34.2 Å². The third-order valence-corrected chi connectivity index (χ3v) is 3.94. The number of aryl methyl sites for hydroxylation is 2. The highest BCUT2D eigenvalue weighted by atomic mass is 127. The van der Waals surface area contributed by atoms with Crippen molar-refractivity contribution in [2.45, 2.75) is 13.3 Å². The van der Waals surface area contributed by atoms with Gasteiger partial charge in [0.15, 0.2) is 11.7 Å². The maximum Gasteiger partial charge on any atom is 0.196 e. The largest absolute Gasteiger partial charge is 0.441 e. The first-order valence-electron chi connectivity index (χ1n) is 4.98. The molecule has 0 spiro atoms. The van der Waals surface area contributed by atoms with Crippen LogP contribution in [-0.4, -0.2) is 10.9 Å². The second-order valence-electron chi connectivity index (χ2n) is 3.49. The molecule has 0 N–H and O–H groups in total. The van der Waals surface area contributed by atoms with Gasteiger partial charge in [0.05, 0.1) is 6.20 Å². The van der Waals surface area contributed by atoms with Gasteiger partial charge >= 0.3 is 0 Å². The first kappa shape index (κ1) is 11.9. The van der Waals surface area contributed by atoms with Crippen molar-refractivity contribution < 1.29 is 4.42 Å². The van der Waals surface area contributed by atoms with Gasteiger partial charge < -0.3 is 4.42 Å². The number of rotatable bonds is 3. The molecule has 0 unspecified atom stereocenters. The Balaban J connectivity index is 2.39. The van der Waals surface area contributed by atoms with Crippen LogP contribution in [0.2, 0.25) is 0 Å². The van der Waals surface area contributed by atoms with E-state index in [1.165, 1.54) is 9.13 Å². The topological polar surface area (TPSA) is 26.0 Å². The van der Waals surface area contributed by atoms with Crippen molar-refractivity contribution in [2.75, 3.05) is 5.88 Å². The predicted octanol–water partition coefficient (Wildman–Crippen LogP) is 4.04. The number of hydrogen-bond acceptors (Lipinski definition) is 2. The lowest BCUT2D eigenvalue weighted by Crippen LogP contribution is -1.85. The summed E-state index contributed by atoms with van der Waals surface area (Å²) in [5, 5.41) is 0. The summed E-state index contributed by atoms with van der Waals surface area (Å²) in [4.78, 5) is 4.20. The molecule has 2 rings (SSSR count). The molecule has 0 saturated carbocycles. The van der Waals surface area contributed by atoms with E-state index in [1.54, 1.807) is 6.20 Å². The van der Waals surface area contributed by atoms with Crippen LogP contribution in [0.25, 0.3) is 11.3 Å². The molecule has 2 nitrogen and oxygen atoms in total. The first-order valence-corrected chi connectivity index (χ1v) is 6.60. The van der Waals surface area contributed by atoms with E-state index in [1.807, 2.05) is 12.1 Å². The van der Waals surface area contributed by atoms with Gasteiger partial charge in [-0.3, -0.25) is 0 Å². The van der Waals surface area contributed by atoms with E-state index < -0.39 is 0 Å². The number of hydrogen-bond donors (Lipinski definition) is 0. The molecule has 84 valence electrons. The zero-order valence-corrected chi connectivity index (χ0v) is 11.7. The lowest BCUT2D eigenvalue weighted by Gasteiger charge is -2.03. The molecular weight excluding hydrogens is 336 g/mol. The minimum absolute atomic E-state index is 0.533. The Kier molecular flexibility index (Phi) is 3.86. The molecule has 1 heterocycles. The second kappa shape index (κ2) is 5.19. The van der Waals surface area contributed by atoms with E-state index in [-0.39, 0.29) is 0 Å². The molecule has 0 amide bonds. The summed E-state index contributed by atoms with van der Waals surface area (Å²) in [6, 6.07) is 6.15. The van der Waals surface area contributed by atoms with Crippen LogP contribution in [-0.2, 0) is 6.42 Å². The smallest absolute Gasteiger partial charge is 0.196 e. The molecule has 1 aromatic heterocycles. The van der Waals surface area contributed by atoms with E-state index in [4.69, 9.17) is 16.0 Å². The van der Waals surface area contributed by atoms with Crippen molar-refractivity contribution in [2.24, 2.45) is 0 Å². The van der Waals surface area contributed by atoms with Crippen molar-refractivity contribution in [3.8, 4) is 11.3 Å². The standard InChI is InChI=1S/C12H11ClINO/c1-8-3-2-4-9(12(8)14)10-7-15-11(16-10)5-6-13/h2-4,7H,5-6H2,1H3. The van der Waals surface area contributed by atoms with E-state index in [0.29, 0.717) is 18.2 Å². The van der Waals surface area contributed by atoms with Crippen LogP contribution in [0.1, 0.15) is 11.5 Å². The minimum Gasteiger partial charge on any atom is -0.441 e. The SMILES string of the molecule is Cc1cccc(-c2cnc(CCCl)o2)c1I. The number of aromatic nitrogens is 1. The Morgan fingerprint density at radius 3 is 3.00 bits per heavy atom. The number of nitrogens with zero attached hydrogens (tertiary/aromatic N) is 1. The fraction of sp³-hybridized carbons (Fsp3) is 0.250. The maximum atomic E-state index is 5.65. The van der Waals surface area contributed by atoms with Crippen molar-refractivity contribution in [3.05, 3.63) is 39.4 Å². The van der Waals surface area contributed by atoms with Crippen LogP contribution in [0, 0.1) is 10.5 Å². The summed E-state index contributed by atoms with van der Waals surface area (Å²) in [5.74, 6) is 2.04. The number of benzene rings is 1. The van der Waals surface area contributed by atoms with Gasteiger partial charge in [0.25, 0.3) is 0 Å². The van der Waals surface area contributed by atoms with Gasteiger partial charge in [0, 0.05) is 21.4 Å². The van der Waals surface area contributed by atoms with Gasteiger partial charge in [-0.05, 0) is 35.1 Å². The van der Waals surface area contributed by atoms with E-state index in [9.17, 15) is 0 Å². The van der Waals surface area contributed by atoms with Gasteiger partial charge in [0.1, 0.15) is 0 Å². The van der Waals surface area contributed by atoms with Crippen LogP contribution in [0.5, 0.6) is 0 Å². The molecule has 0 atom stereocenters. The van der Waals surface area contributed by atoms with Crippen LogP contribution in [0.4, 0.5) is 0 Å². The summed E-state index contributed by atoms with van der Waals surface area (Å²) < 4.78 is 6.85. The average Bonchev–Trinajstić information content (AvgIpc) is 2.71. The Morgan fingerprint density at radius 2 is 2.25 bits per heavy atom. The summed E-state index contributed by atoms with van der Waals surface area (Å²) in [5.41, 5.74) is 2.34. The Hall–Kier alpha value is -0.550. The van der Waals surface area contributed by atoms with Crippen LogP contribution < -0.4 is 0 Å². The monoisotopic (exact) mass is 347 g/mol. The molecule has 2 aromatic rings. The number of alkyl halides is 1. The van der Waals surface area contributed by atoms with Gasteiger partial charge in [0.2, 0.25) is 0 Å². The van der Waals surface area contributed by atoms with Gasteiger partial charge in [-0.1, -0.05) is 18.2 Å². The maximum absolute atomic E-state index is 5.65. The third-order valence-electron chi connectivity index (χ3n) is 2.32. The number of halogens is 2. The zero-order valence-electron chi connectivity index (χ0n) is 8.84. The quantitative estimate of drug-likeness (QED) is 0.619. The molecule has 4 heteroatoms. The highest BCUT2D eigenvalue weighted by Crippen LogP contribution is 2.28. The Morgan fingerprint density at radius 1 is 1.44 bits per heavy atom. The van der Waals surface area contributed by atoms with E-state index >= 15 is 0 Å². The molecule has 0 aliphatic heterocycles. The van der Waals surface area contributed by atoms with Crippen LogP contribution in [0.3, 0.4) is 0 Å². The third kappa shape index (κ3) is 2.40. The molecule has 0 bridgehead atoms. The Labute approximate surface area is 113 Å². The molecule has 1 aromatic carbocycles. The highest BCUT2D eigenvalue weighted by molar-refractivity contribution is 14.1. The molecule has 0 saturated heterocycles. The fourth-order valence-corrected chi connectivity index (χ4v) is 2.26. The molecular formula is C12H11ClINO. The molecule has 0 fully saturated rings. The van der Waals surface area contributed by atoms with Crippen molar-refractivity contribution in [1.82, 2.24) is 4.98 Å². The second-order valence-corrected chi connectivity index (χ2v) is 4.95. The zero-order chi connectivity index (χ0) is 11.5. The van der Waals surface area contributed by atoms with Crippen molar-refractivity contribution in [1.29, 1.82) is 0 Å². The molecule has 0 aliphatic rings. The molecule has 16 heavy (non-hydrogen) atoms. The lowest BCUT2D eigenvalue weighted by atomic mass is 10.1. The van der Waals surface area contributed by atoms with E-state index in [2.05, 4.69) is 40.6 Å². The van der Waals surface area contributed by atoms with E-state index in [0.717, 1.165) is 11.3 Å². The van der Waals surface area contributed by atoms with Gasteiger partial charge in [-0.25, -0.2) is 4.98 Å². The van der Waals surface area contributed by atoms with Crippen LogP contribution >= 0.6 is 34.2 Å². The predicted molar refractivity (Wildman–Crippen MR) is 73.8 cm³/mol. The average molecular weight is 348 g/mol. The normalized spacial score (nSPS) is 10.7. The first-order chi connectivity index (χ1) is 7.72. The summed E-state index contributed by atoms with van der Waals surface area (Å²) >= 11 is 7.97. The van der Waals surface area contributed by atoms with Crippen molar-refractivity contribution in [3.63, 3.8) is 0 Å². The highest BCUT2D eigenvalue weighted by Gasteiger charge is 2.10. The summed E-state index contributed by atoms with van der Waals surface area (Å²) in [7, 11) is 0. The lowest BCUT2D eigenvalue weighted by molar-refractivity contribution is 0.514. The summed E-state index contributed by atoms with van der Waals surface area (Å²) in [6.45, 7) is 2.08. The van der Waals surface area contributed by atoms with Crippen LogP contribution in [0.15, 0.2) is 28.8 Å². The molecule has 0 aliphatic carbocycles.